The number of carbonyl (C=O) groups excluding carboxylic acids is 1. The van der Waals surface area contributed by atoms with Gasteiger partial charge in [-0.2, -0.15) is 13.2 Å². The van der Waals surface area contributed by atoms with E-state index in [1.807, 2.05) is 0 Å². The van der Waals surface area contributed by atoms with Crippen molar-refractivity contribution in [3.8, 4) is 0 Å². The Labute approximate surface area is 208 Å². The van der Waals surface area contributed by atoms with Crippen LogP contribution in [0.3, 0.4) is 0 Å². The van der Waals surface area contributed by atoms with Crippen molar-refractivity contribution in [2.24, 2.45) is 11.1 Å². The molecule has 1 fully saturated rings. The molecule has 0 spiro atoms. The van der Waals surface area contributed by atoms with Gasteiger partial charge in [-0.25, -0.2) is 0 Å². The number of alkyl halides is 3. The third-order valence-corrected chi connectivity index (χ3v) is 7.38. The van der Waals surface area contributed by atoms with Gasteiger partial charge in [0.25, 0.3) is 5.60 Å². The quantitative estimate of drug-likeness (QED) is 0.355. The number of hydrogen-bond acceptors (Lipinski definition) is 5. The largest absolute Gasteiger partial charge is 0.466 e. The van der Waals surface area contributed by atoms with Crippen LogP contribution in [0.4, 0.5) is 13.2 Å². The monoisotopic (exact) mass is 535 g/mol. The number of oxime groups is 1. The van der Waals surface area contributed by atoms with E-state index in [9.17, 15) is 23.1 Å². The van der Waals surface area contributed by atoms with Crippen molar-refractivity contribution in [1.82, 2.24) is 0 Å². The second kappa shape index (κ2) is 8.90. The standard InChI is InChI=1S/C23H19Cl3F3NO4/c1-2-33-20(31)13-9-21(32,10-13)14-5-3-12(4-6-14)18-11-22(34-30-18,23(27,28)29)15-7-16(24)19(26)17(25)8-15/h3-8,13,32H,2,9-11H2,1H3. The molecule has 0 radical (unpaired) electrons. The van der Waals surface area contributed by atoms with Gasteiger partial charge in [0.2, 0.25) is 0 Å². The van der Waals surface area contributed by atoms with Crippen LogP contribution in [-0.2, 0) is 25.6 Å². The summed E-state index contributed by atoms with van der Waals surface area (Å²) in [4.78, 5) is 16.8. The van der Waals surface area contributed by atoms with E-state index >= 15 is 0 Å². The minimum atomic E-state index is -4.83. The number of hydrogen-bond donors (Lipinski definition) is 1. The molecule has 0 saturated heterocycles. The highest BCUT2D eigenvalue weighted by molar-refractivity contribution is 6.48. The Morgan fingerprint density at radius 3 is 2.26 bits per heavy atom. The Bertz CT molecular complexity index is 1120. The molecule has 1 N–H and O–H groups in total. The van der Waals surface area contributed by atoms with Gasteiger partial charge in [0.05, 0.1) is 38.9 Å². The number of esters is 1. The Morgan fingerprint density at radius 1 is 1.15 bits per heavy atom. The van der Waals surface area contributed by atoms with Gasteiger partial charge in [-0.3, -0.25) is 4.79 Å². The molecular formula is C23H19Cl3F3NO4. The van der Waals surface area contributed by atoms with E-state index in [4.69, 9.17) is 44.4 Å². The number of halogens is 6. The predicted octanol–water partition coefficient (Wildman–Crippen LogP) is 6.39. The van der Waals surface area contributed by atoms with Gasteiger partial charge >= 0.3 is 12.1 Å². The Kier molecular flexibility index (Phi) is 6.57. The normalized spacial score (nSPS) is 26.5. The molecule has 0 amide bonds. The van der Waals surface area contributed by atoms with E-state index in [1.165, 1.54) is 0 Å². The van der Waals surface area contributed by atoms with Crippen molar-refractivity contribution >= 4 is 46.5 Å². The average Bonchev–Trinajstić information content (AvgIpc) is 3.22. The molecule has 11 heteroatoms. The zero-order chi connectivity index (χ0) is 24.9. The van der Waals surface area contributed by atoms with Gasteiger partial charge in [-0.15, -0.1) is 0 Å². The first-order valence-electron chi connectivity index (χ1n) is 10.4. The van der Waals surface area contributed by atoms with Gasteiger partial charge in [0.15, 0.2) is 0 Å². The summed E-state index contributed by atoms with van der Waals surface area (Å²) < 4.78 is 47.6. The Hall–Kier alpha value is -2.00. The zero-order valence-corrected chi connectivity index (χ0v) is 20.0. The predicted molar refractivity (Wildman–Crippen MR) is 121 cm³/mol. The molecular weight excluding hydrogens is 518 g/mol. The first kappa shape index (κ1) is 25.1. The molecule has 1 atom stereocenters. The lowest BCUT2D eigenvalue weighted by molar-refractivity contribution is -0.275. The number of ether oxygens (including phenoxy) is 1. The lowest BCUT2D eigenvalue weighted by atomic mass is 9.67. The summed E-state index contributed by atoms with van der Waals surface area (Å²) in [7, 11) is 0. The molecule has 182 valence electrons. The van der Waals surface area contributed by atoms with Crippen LogP contribution in [0.5, 0.6) is 0 Å². The molecule has 1 unspecified atom stereocenters. The average molecular weight is 537 g/mol. The van der Waals surface area contributed by atoms with Crippen molar-refractivity contribution in [3.05, 3.63) is 68.2 Å². The van der Waals surface area contributed by atoms with Crippen molar-refractivity contribution < 1.29 is 32.6 Å². The van der Waals surface area contributed by atoms with Crippen LogP contribution in [0.2, 0.25) is 15.1 Å². The third-order valence-electron chi connectivity index (χ3n) is 6.18. The molecule has 2 aliphatic rings. The first-order chi connectivity index (χ1) is 15.9. The maximum Gasteiger partial charge on any atom is 0.435 e. The number of rotatable bonds is 5. The van der Waals surface area contributed by atoms with E-state index in [-0.39, 0.29) is 57.7 Å². The van der Waals surface area contributed by atoms with E-state index < -0.39 is 23.8 Å². The fraction of sp³-hybridized carbons (Fsp3) is 0.391. The van der Waals surface area contributed by atoms with Crippen LogP contribution in [0.25, 0.3) is 0 Å². The first-order valence-corrected chi connectivity index (χ1v) is 11.5. The maximum atomic E-state index is 14.2. The molecule has 1 aliphatic heterocycles. The highest BCUT2D eigenvalue weighted by Crippen LogP contribution is 2.51. The molecule has 4 rings (SSSR count). The SMILES string of the molecule is CCOC(=O)C1CC(O)(c2ccc(C3=NOC(c4cc(Cl)c(Cl)c(Cl)c4)(C(F)(F)F)C3)cc2)C1. The fourth-order valence-electron chi connectivity index (χ4n) is 4.24. The second-order valence-corrected chi connectivity index (χ2v) is 9.54. The summed E-state index contributed by atoms with van der Waals surface area (Å²) in [6.07, 6.45) is -5.02. The highest BCUT2D eigenvalue weighted by atomic mass is 35.5. The summed E-state index contributed by atoms with van der Waals surface area (Å²) in [6, 6.07) is 8.45. The number of nitrogens with zero attached hydrogens (tertiary/aromatic N) is 1. The minimum Gasteiger partial charge on any atom is -0.466 e. The van der Waals surface area contributed by atoms with Crippen molar-refractivity contribution in [2.75, 3.05) is 6.61 Å². The van der Waals surface area contributed by atoms with E-state index in [0.29, 0.717) is 11.1 Å². The molecule has 5 nitrogen and oxygen atoms in total. The number of aliphatic hydroxyl groups is 1. The summed E-state index contributed by atoms with van der Waals surface area (Å²) in [5.74, 6) is -0.741. The van der Waals surface area contributed by atoms with Crippen LogP contribution in [0.1, 0.15) is 42.9 Å². The number of benzene rings is 2. The molecule has 2 aromatic rings. The second-order valence-electron chi connectivity index (χ2n) is 8.35. The van der Waals surface area contributed by atoms with E-state index in [1.54, 1.807) is 31.2 Å². The van der Waals surface area contributed by atoms with Gasteiger partial charge in [-0.1, -0.05) is 64.2 Å². The molecule has 34 heavy (non-hydrogen) atoms. The fourth-order valence-corrected chi connectivity index (χ4v) is 4.83. The smallest absolute Gasteiger partial charge is 0.435 e. The topological polar surface area (TPSA) is 68.1 Å². The van der Waals surface area contributed by atoms with Crippen LogP contribution >= 0.6 is 34.8 Å². The lowest BCUT2D eigenvalue weighted by Gasteiger charge is -2.42. The van der Waals surface area contributed by atoms with Crippen molar-refractivity contribution in [1.29, 1.82) is 0 Å². The van der Waals surface area contributed by atoms with E-state index in [0.717, 1.165) is 12.1 Å². The minimum absolute atomic E-state index is 0.0572. The summed E-state index contributed by atoms with van der Waals surface area (Å²) in [6.45, 7) is 1.97. The molecule has 1 aliphatic carbocycles. The summed E-state index contributed by atoms with van der Waals surface area (Å²) >= 11 is 17.8. The van der Waals surface area contributed by atoms with Crippen LogP contribution in [-0.4, -0.2) is 29.6 Å². The lowest BCUT2D eigenvalue weighted by Crippen LogP contribution is -2.45. The third kappa shape index (κ3) is 4.26. The van der Waals surface area contributed by atoms with E-state index in [2.05, 4.69) is 5.16 Å². The van der Waals surface area contributed by atoms with Gasteiger partial charge < -0.3 is 14.7 Å². The molecule has 2 aromatic carbocycles. The van der Waals surface area contributed by atoms with Crippen molar-refractivity contribution in [2.45, 2.75) is 43.6 Å². The summed E-state index contributed by atoms with van der Waals surface area (Å²) in [5.41, 5.74) is -3.28. The van der Waals surface area contributed by atoms with Crippen LogP contribution < -0.4 is 0 Å². The van der Waals surface area contributed by atoms with Gasteiger partial charge in [0.1, 0.15) is 0 Å². The molecule has 0 aromatic heterocycles. The Balaban J connectivity index is 1.55. The molecule has 1 saturated carbocycles. The van der Waals surface area contributed by atoms with Gasteiger partial charge in [-0.05, 0) is 43.0 Å². The Morgan fingerprint density at radius 2 is 1.74 bits per heavy atom. The van der Waals surface area contributed by atoms with Gasteiger partial charge in [0, 0.05) is 12.0 Å². The van der Waals surface area contributed by atoms with Crippen molar-refractivity contribution in [3.63, 3.8) is 0 Å². The summed E-state index contributed by atoms with van der Waals surface area (Å²) in [5, 5.41) is 14.2. The van der Waals surface area contributed by atoms with Crippen LogP contribution in [0.15, 0.2) is 41.6 Å². The highest BCUT2D eigenvalue weighted by Gasteiger charge is 2.62. The number of carbonyl (C=O) groups is 1. The zero-order valence-electron chi connectivity index (χ0n) is 17.8. The maximum absolute atomic E-state index is 14.2. The van der Waals surface area contributed by atoms with Crippen LogP contribution in [0, 0.1) is 5.92 Å². The molecule has 0 bridgehead atoms. The molecule has 1 heterocycles.